The Morgan fingerprint density at radius 2 is 2.22 bits per heavy atom. The summed E-state index contributed by atoms with van der Waals surface area (Å²) in [6.07, 6.45) is 2.59. The van der Waals surface area contributed by atoms with E-state index in [1.165, 1.54) is 0 Å². The number of nitrogens with zero attached hydrogens (tertiary/aromatic N) is 4. The molecule has 1 aliphatic heterocycles. The van der Waals surface area contributed by atoms with E-state index in [4.69, 9.17) is 12.2 Å². The number of aromatic nitrogens is 3. The van der Waals surface area contributed by atoms with Crippen molar-refractivity contribution in [2.45, 2.75) is 33.0 Å². The molecule has 0 N–H and O–H groups in total. The minimum absolute atomic E-state index is 0.0501. The number of rotatable bonds is 5. The van der Waals surface area contributed by atoms with E-state index in [2.05, 4.69) is 23.8 Å². The fourth-order valence-electron chi connectivity index (χ4n) is 3.09. The highest BCUT2D eigenvalue weighted by Gasteiger charge is 2.32. The Morgan fingerprint density at radius 1 is 1.43 bits per heavy atom. The van der Waals surface area contributed by atoms with Crippen molar-refractivity contribution in [2.75, 3.05) is 18.1 Å². The molecular weight excluding hydrogens is 332 g/mol. The van der Waals surface area contributed by atoms with Gasteiger partial charge in [-0.25, -0.2) is 13.1 Å². The summed E-state index contributed by atoms with van der Waals surface area (Å²) >= 11 is 5.50. The van der Waals surface area contributed by atoms with E-state index >= 15 is 0 Å². The molecule has 1 aliphatic rings. The maximum atomic E-state index is 11.8. The fourth-order valence-corrected chi connectivity index (χ4v) is 5.10. The van der Waals surface area contributed by atoms with Gasteiger partial charge in [0.15, 0.2) is 15.5 Å². The van der Waals surface area contributed by atoms with E-state index in [1.54, 1.807) is 4.68 Å². The SMILES string of the molecule is CC(C)CN(Cn1nc2ccccn2c1=S)[C@H]1CCS(=O)(=O)C1. The molecule has 0 spiro atoms. The molecule has 0 radical (unpaired) electrons. The summed E-state index contributed by atoms with van der Waals surface area (Å²) in [4.78, 5) is 2.21. The summed E-state index contributed by atoms with van der Waals surface area (Å²) in [7, 11) is -2.91. The standard InChI is InChI=1S/C15H22N4O2S2/c1-12(2)9-17(13-6-8-23(20,21)10-13)11-19-15(22)18-7-4-3-5-14(18)16-19/h3-5,7,12-13H,6,8-11H2,1-2H3/t13-/m0/s1. The van der Waals surface area contributed by atoms with Crippen LogP contribution < -0.4 is 0 Å². The molecule has 0 saturated carbocycles. The summed E-state index contributed by atoms with van der Waals surface area (Å²) in [6, 6.07) is 5.81. The molecule has 0 amide bonds. The lowest BCUT2D eigenvalue weighted by Gasteiger charge is -2.29. The molecule has 23 heavy (non-hydrogen) atoms. The maximum absolute atomic E-state index is 11.8. The smallest absolute Gasteiger partial charge is 0.203 e. The summed E-state index contributed by atoms with van der Waals surface area (Å²) < 4.78 is 27.9. The molecule has 1 fully saturated rings. The highest BCUT2D eigenvalue weighted by atomic mass is 32.2. The van der Waals surface area contributed by atoms with E-state index in [0.717, 1.165) is 12.2 Å². The predicted octanol–water partition coefficient (Wildman–Crippen LogP) is 1.97. The van der Waals surface area contributed by atoms with Gasteiger partial charge in [-0.3, -0.25) is 9.30 Å². The lowest BCUT2D eigenvalue weighted by Crippen LogP contribution is -2.40. The zero-order valence-electron chi connectivity index (χ0n) is 13.4. The first kappa shape index (κ1) is 16.6. The molecule has 0 unspecified atom stereocenters. The summed E-state index contributed by atoms with van der Waals surface area (Å²) in [5, 5.41) is 4.55. The Hall–Kier alpha value is -1.25. The number of hydrogen-bond acceptors (Lipinski definition) is 5. The molecule has 1 saturated heterocycles. The minimum Gasteiger partial charge on any atom is -0.280 e. The molecule has 1 atom stereocenters. The molecule has 0 bridgehead atoms. The molecule has 6 nitrogen and oxygen atoms in total. The van der Waals surface area contributed by atoms with Gasteiger partial charge in [-0.2, -0.15) is 5.10 Å². The van der Waals surface area contributed by atoms with Gasteiger partial charge in [0.1, 0.15) is 0 Å². The predicted molar refractivity (Wildman–Crippen MR) is 92.6 cm³/mol. The van der Waals surface area contributed by atoms with Crippen LogP contribution in [0.4, 0.5) is 0 Å². The number of hydrogen-bond donors (Lipinski definition) is 0. The molecular formula is C15H22N4O2S2. The molecule has 8 heteroatoms. The first-order valence-electron chi connectivity index (χ1n) is 7.84. The van der Waals surface area contributed by atoms with Crippen LogP contribution in [0.2, 0.25) is 0 Å². The Morgan fingerprint density at radius 3 is 2.83 bits per heavy atom. The van der Waals surface area contributed by atoms with Gasteiger partial charge >= 0.3 is 0 Å². The Kier molecular flexibility index (Phi) is 4.57. The van der Waals surface area contributed by atoms with Crippen LogP contribution in [0.25, 0.3) is 5.65 Å². The Balaban J connectivity index is 1.88. The van der Waals surface area contributed by atoms with Gasteiger partial charge in [-0.15, -0.1) is 0 Å². The molecule has 0 aliphatic carbocycles. The highest BCUT2D eigenvalue weighted by Crippen LogP contribution is 2.20. The quantitative estimate of drug-likeness (QED) is 0.768. The first-order valence-corrected chi connectivity index (χ1v) is 10.1. The van der Waals surface area contributed by atoms with Crippen LogP contribution in [0.15, 0.2) is 24.4 Å². The van der Waals surface area contributed by atoms with Crippen molar-refractivity contribution in [1.29, 1.82) is 0 Å². The average Bonchev–Trinajstić information content (AvgIpc) is 2.99. The van der Waals surface area contributed by atoms with Crippen LogP contribution >= 0.6 is 12.2 Å². The van der Waals surface area contributed by atoms with Gasteiger partial charge in [0.25, 0.3) is 0 Å². The normalized spacial score (nSPS) is 20.8. The zero-order chi connectivity index (χ0) is 16.6. The third kappa shape index (κ3) is 3.64. The summed E-state index contributed by atoms with van der Waals surface area (Å²) in [6.45, 7) is 5.63. The van der Waals surface area contributed by atoms with E-state index in [9.17, 15) is 8.42 Å². The second kappa shape index (κ2) is 6.33. The van der Waals surface area contributed by atoms with Crippen molar-refractivity contribution in [3.8, 4) is 0 Å². The molecule has 0 aromatic carbocycles. The van der Waals surface area contributed by atoms with Crippen molar-refractivity contribution < 1.29 is 8.42 Å². The van der Waals surface area contributed by atoms with Crippen LogP contribution in [-0.2, 0) is 16.5 Å². The summed E-state index contributed by atoms with van der Waals surface area (Å²) in [5.41, 5.74) is 0.807. The molecule has 3 rings (SSSR count). The molecule has 2 aromatic rings. The topological polar surface area (TPSA) is 59.6 Å². The van der Waals surface area contributed by atoms with Gasteiger partial charge in [-0.05, 0) is 36.7 Å². The molecule has 2 aromatic heterocycles. The van der Waals surface area contributed by atoms with Crippen molar-refractivity contribution in [3.05, 3.63) is 29.2 Å². The number of pyridine rings is 1. The van der Waals surface area contributed by atoms with Crippen molar-refractivity contribution in [2.24, 2.45) is 5.92 Å². The van der Waals surface area contributed by atoms with Crippen LogP contribution in [-0.4, -0.2) is 51.6 Å². The fraction of sp³-hybridized carbons (Fsp3) is 0.600. The highest BCUT2D eigenvalue weighted by molar-refractivity contribution is 7.91. The van der Waals surface area contributed by atoms with Crippen LogP contribution in [0, 0.1) is 10.7 Å². The van der Waals surface area contributed by atoms with Crippen LogP contribution in [0.3, 0.4) is 0 Å². The van der Waals surface area contributed by atoms with Crippen molar-refractivity contribution in [1.82, 2.24) is 19.1 Å². The molecule has 126 valence electrons. The van der Waals surface area contributed by atoms with E-state index in [0.29, 0.717) is 23.8 Å². The van der Waals surface area contributed by atoms with E-state index in [-0.39, 0.29) is 17.5 Å². The largest absolute Gasteiger partial charge is 0.280 e. The van der Waals surface area contributed by atoms with Gasteiger partial charge in [0.05, 0.1) is 18.2 Å². The van der Waals surface area contributed by atoms with Gasteiger partial charge in [-0.1, -0.05) is 19.9 Å². The maximum Gasteiger partial charge on any atom is 0.203 e. The van der Waals surface area contributed by atoms with Gasteiger partial charge in [0.2, 0.25) is 4.77 Å². The van der Waals surface area contributed by atoms with Crippen molar-refractivity contribution >= 4 is 27.7 Å². The first-order chi connectivity index (χ1) is 10.9. The number of sulfone groups is 1. The van der Waals surface area contributed by atoms with Crippen molar-refractivity contribution in [3.63, 3.8) is 0 Å². The Bertz CT molecular complexity index is 854. The molecule has 3 heterocycles. The van der Waals surface area contributed by atoms with Crippen LogP contribution in [0.5, 0.6) is 0 Å². The van der Waals surface area contributed by atoms with E-state index < -0.39 is 9.84 Å². The lowest BCUT2D eigenvalue weighted by molar-refractivity contribution is 0.137. The van der Waals surface area contributed by atoms with Gasteiger partial charge in [0, 0.05) is 18.8 Å². The third-order valence-electron chi connectivity index (χ3n) is 4.13. The lowest BCUT2D eigenvalue weighted by atomic mass is 10.1. The summed E-state index contributed by atoms with van der Waals surface area (Å²) in [5.74, 6) is 0.966. The minimum atomic E-state index is -2.91. The Labute approximate surface area is 141 Å². The monoisotopic (exact) mass is 354 g/mol. The second-order valence-electron chi connectivity index (χ2n) is 6.57. The van der Waals surface area contributed by atoms with E-state index in [1.807, 2.05) is 28.8 Å². The van der Waals surface area contributed by atoms with Crippen LogP contribution in [0.1, 0.15) is 20.3 Å². The second-order valence-corrected chi connectivity index (χ2v) is 9.17. The average molecular weight is 355 g/mol. The third-order valence-corrected chi connectivity index (χ3v) is 6.29. The van der Waals surface area contributed by atoms with Gasteiger partial charge < -0.3 is 0 Å². The number of fused-ring (bicyclic) bond motifs is 1. The zero-order valence-corrected chi connectivity index (χ0v) is 15.1.